The second kappa shape index (κ2) is 6.01. The van der Waals surface area contributed by atoms with Crippen molar-refractivity contribution in [1.29, 1.82) is 0 Å². The summed E-state index contributed by atoms with van der Waals surface area (Å²) in [6, 6.07) is 5.55. The number of benzene rings is 1. The van der Waals surface area contributed by atoms with E-state index in [4.69, 9.17) is 10.5 Å². The smallest absolute Gasteiger partial charge is 0.307 e. The zero-order chi connectivity index (χ0) is 12.1. The highest BCUT2D eigenvalue weighted by Crippen LogP contribution is 2.22. The number of ether oxygens (including phenoxy) is 1. The molecule has 0 saturated carbocycles. The molecular formula is C12H16BrNO2. The Morgan fingerprint density at radius 1 is 1.56 bits per heavy atom. The summed E-state index contributed by atoms with van der Waals surface area (Å²) in [6.07, 6.45) is 0.212. The van der Waals surface area contributed by atoms with Gasteiger partial charge in [-0.2, -0.15) is 0 Å². The van der Waals surface area contributed by atoms with Crippen LogP contribution in [0.4, 0.5) is 0 Å². The third kappa shape index (κ3) is 3.61. The first kappa shape index (κ1) is 13.2. The van der Waals surface area contributed by atoms with Crippen molar-refractivity contribution in [3.8, 4) is 0 Å². The largest absolute Gasteiger partial charge is 0.466 e. The number of esters is 1. The van der Waals surface area contributed by atoms with Gasteiger partial charge in [0.15, 0.2) is 0 Å². The van der Waals surface area contributed by atoms with Gasteiger partial charge in [0, 0.05) is 10.5 Å². The highest BCUT2D eigenvalue weighted by atomic mass is 79.9. The Kier molecular flexibility index (Phi) is 4.96. The topological polar surface area (TPSA) is 52.3 Å². The van der Waals surface area contributed by atoms with Crippen LogP contribution in [0.15, 0.2) is 22.7 Å². The first-order valence-electron chi connectivity index (χ1n) is 5.21. The van der Waals surface area contributed by atoms with Gasteiger partial charge in [0.2, 0.25) is 0 Å². The molecule has 0 aliphatic rings. The second-order valence-electron chi connectivity index (χ2n) is 3.62. The highest BCUT2D eigenvalue weighted by molar-refractivity contribution is 9.10. The van der Waals surface area contributed by atoms with Crippen molar-refractivity contribution < 1.29 is 9.53 Å². The van der Waals surface area contributed by atoms with Crippen LogP contribution < -0.4 is 5.73 Å². The molecule has 1 rings (SSSR count). The van der Waals surface area contributed by atoms with Crippen LogP contribution in [-0.4, -0.2) is 12.6 Å². The monoisotopic (exact) mass is 285 g/mol. The van der Waals surface area contributed by atoms with Crippen molar-refractivity contribution in [3.05, 3.63) is 33.8 Å². The zero-order valence-corrected chi connectivity index (χ0v) is 11.1. The second-order valence-corrected chi connectivity index (χ2v) is 4.48. The Hall–Kier alpha value is -0.870. The molecule has 0 spiro atoms. The lowest BCUT2D eigenvalue weighted by Gasteiger charge is -2.12. The van der Waals surface area contributed by atoms with Gasteiger partial charge in [0.05, 0.1) is 13.0 Å². The first-order valence-corrected chi connectivity index (χ1v) is 6.01. The summed E-state index contributed by atoms with van der Waals surface area (Å²) in [5.41, 5.74) is 8.00. The molecule has 0 aromatic heterocycles. The van der Waals surface area contributed by atoms with Gasteiger partial charge in [-0.3, -0.25) is 4.79 Å². The summed E-state index contributed by atoms with van der Waals surface area (Å²) in [5.74, 6) is -0.258. The molecule has 2 N–H and O–H groups in total. The van der Waals surface area contributed by atoms with Crippen molar-refractivity contribution in [2.24, 2.45) is 5.73 Å². The molecule has 0 aliphatic heterocycles. The Balaban J connectivity index is 2.69. The van der Waals surface area contributed by atoms with Gasteiger partial charge in [0.1, 0.15) is 0 Å². The minimum absolute atomic E-state index is 0.212. The number of carbonyl (C=O) groups is 1. The molecule has 0 aliphatic carbocycles. The minimum Gasteiger partial charge on any atom is -0.466 e. The Labute approximate surface area is 104 Å². The Morgan fingerprint density at radius 3 is 2.81 bits per heavy atom. The molecule has 0 saturated heterocycles. The van der Waals surface area contributed by atoms with E-state index in [-0.39, 0.29) is 18.4 Å². The van der Waals surface area contributed by atoms with Crippen molar-refractivity contribution in [3.63, 3.8) is 0 Å². The number of hydrogen-bond donors (Lipinski definition) is 1. The van der Waals surface area contributed by atoms with E-state index in [2.05, 4.69) is 15.9 Å². The maximum Gasteiger partial charge on any atom is 0.307 e. The van der Waals surface area contributed by atoms with E-state index in [1.807, 2.05) is 25.1 Å². The maximum absolute atomic E-state index is 11.3. The fraction of sp³-hybridized carbons (Fsp3) is 0.417. The maximum atomic E-state index is 11.3. The highest BCUT2D eigenvalue weighted by Gasteiger charge is 2.12. The van der Waals surface area contributed by atoms with Crippen LogP contribution in [0.5, 0.6) is 0 Å². The quantitative estimate of drug-likeness (QED) is 0.866. The molecule has 0 fully saturated rings. The molecule has 3 nitrogen and oxygen atoms in total. The van der Waals surface area contributed by atoms with Crippen LogP contribution in [0.1, 0.15) is 30.5 Å². The fourth-order valence-electron chi connectivity index (χ4n) is 1.36. The van der Waals surface area contributed by atoms with E-state index in [9.17, 15) is 4.79 Å². The van der Waals surface area contributed by atoms with Gasteiger partial charge >= 0.3 is 5.97 Å². The van der Waals surface area contributed by atoms with Gasteiger partial charge in [-0.25, -0.2) is 0 Å². The molecule has 1 atom stereocenters. The lowest BCUT2D eigenvalue weighted by molar-refractivity contribution is -0.143. The van der Waals surface area contributed by atoms with E-state index < -0.39 is 0 Å². The average molecular weight is 286 g/mol. The van der Waals surface area contributed by atoms with Crippen LogP contribution in [0.25, 0.3) is 0 Å². The van der Waals surface area contributed by atoms with Crippen molar-refractivity contribution in [2.75, 3.05) is 6.61 Å². The third-order valence-electron chi connectivity index (χ3n) is 2.32. The molecule has 16 heavy (non-hydrogen) atoms. The van der Waals surface area contributed by atoms with Crippen molar-refractivity contribution in [1.82, 2.24) is 0 Å². The summed E-state index contributed by atoms with van der Waals surface area (Å²) in [5, 5.41) is 0. The molecule has 0 unspecified atom stereocenters. The van der Waals surface area contributed by atoms with Crippen molar-refractivity contribution in [2.45, 2.75) is 26.3 Å². The first-order chi connectivity index (χ1) is 7.54. The van der Waals surface area contributed by atoms with Crippen LogP contribution in [0, 0.1) is 6.92 Å². The van der Waals surface area contributed by atoms with Crippen LogP contribution in [0.3, 0.4) is 0 Å². The average Bonchev–Trinajstić information content (AvgIpc) is 2.22. The number of aryl methyl sites for hydroxylation is 1. The van der Waals surface area contributed by atoms with E-state index in [0.29, 0.717) is 6.61 Å². The molecule has 0 heterocycles. The summed E-state index contributed by atoms with van der Waals surface area (Å²) in [7, 11) is 0. The van der Waals surface area contributed by atoms with E-state index in [1.54, 1.807) is 6.92 Å². The summed E-state index contributed by atoms with van der Waals surface area (Å²) in [6.45, 7) is 4.18. The van der Waals surface area contributed by atoms with Crippen LogP contribution >= 0.6 is 15.9 Å². The summed E-state index contributed by atoms with van der Waals surface area (Å²) in [4.78, 5) is 11.3. The third-order valence-corrected chi connectivity index (χ3v) is 3.17. The molecule has 88 valence electrons. The molecular weight excluding hydrogens is 270 g/mol. The molecule has 4 heteroatoms. The molecule has 0 radical (unpaired) electrons. The van der Waals surface area contributed by atoms with E-state index in [1.165, 1.54) is 0 Å². The normalized spacial score (nSPS) is 12.2. The van der Waals surface area contributed by atoms with Gasteiger partial charge in [-0.15, -0.1) is 0 Å². The van der Waals surface area contributed by atoms with Gasteiger partial charge in [-0.05, 0) is 31.0 Å². The number of nitrogens with two attached hydrogens (primary N) is 1. The summed E-state index contributed by atoms with van der Waals surface area (Å²) < 4.78 is 5.86. The standard InChI is InChI=1S/C12H16BrNO2/c1-3-16-12(15)7-11(14)9-5-4-8(2)10(13)6-9/h4-6,11H,3,7,14H2,1-2H3/t11-/m1/s1. The van der Waals surface area contributed by atoms with Crippen LogP contribution in [-0.2, 0) is 9.53 Å². The summed E-state index contributed by atoms with van der Waals surface area (Å²) >= 11 is 3.44. The fourth-order valence-corrected chi connectivity index (χ4v) is 1.75. The molecule has 0 bridgehead atoms. The van der Waals surface area contributed by atoms with Crippen LogP contribution in [0.2, 0.25) is 0 Å². The number of halogens is 1. The van der Waals surface area contributed by atoms with Gasteiger partial charge in [0.25, 0.3) is 0 Å². The van der Waals surface area contributed by atoms with Crippen molar-refractivity contribution >= 4 is 21.9 Å². The SMILES string of the molecule is CCOC(=O)C[C@@H](N)c1ccc(C)c(Br)c1. The predicted molar refractivity (Wildman–Crippen MR) is 67.1 cm³/mol. The predicted octanol–water partition coefficient (Wildman–Crippen LogP) is 2.71. The number of rotatable bonds is 4. The van der Waals surface area contributed by atoms with Gasteiger partial charge in [-0.1, -0.05) is 28.1 Å². The lowest BCUT2D eigenvalue weighted by atomic mass is 10.0. The number of hydrogen-bond acceptors (Lipinski definition) is 3. The molecule has 1 aromatic carbocycles. The van der Waals surface area contributed by atoms with E-state index >= 15 is 0 Å². The van der Waals surface area contributed by atoms with Gasteiger partial charge < -0.3 is 10.5 Å². The molecule has 0 amide bonds. The minimum atomic E-state index is -0.309. The molecule has 1 aromatic rings. The van der Waals surface area contributed by atoms with E-state index in [0.717, 1.165) is 15.6 Å². The zero-order valence-electron chi connectivity index (χ0n) is 9.50. The number of carbonyl (C=O) groups excluding carboxylic acids is 1. The lowest BCUT2D eigenvalue weighted by Crippen LogP contribution is -2.17. The Morgan fingerprint density at radius 2 is 2.25 bits per heavy atom. The Bertz CT molecular complexity index is 379.